The number of carbonyl (C=O) groups excluding carboxylic acids is 1. The van der Waals surface area contributed by atoms with Gasteiger partial charge in [-0.25, -0.2) is 4.39 Å². The fraction of sp³-hybridized carbons (Fsp3) is 0.0667. The molecule has 3 rings (SSSR count). The maximum Gasteiger partial charge on any atom is 0.255 e. The minimum atomic E-state index is -0.464. The maximum absolute atomic E-state index is 13.0. The van der Waals surface area contributed by atoms with Gasteiger partial charge in [-0.15, -0.1) is 5.10 Å². The van der Waals surface area contributed by atoms with Crippen LogP contribution in [0.2, 0.25) is 5.02 Å². The van der Waals surface area contributed by atoms with Gasteiger partial charge in [0.2, 0.25) is 5.16 Å². The summed E-state index contributed by atoms with van der Waals surface area (Å²) in [5.41, 5.74) is 1.51. The smallest absolute Gasteiger partial charge is 0.255 e. The average Bonchev–Trinajstić information content (AvgIpc) is 3.06. The normalized spacial score (nSPS) is 10.6. The first kappa shape index (κ1) is 16.4. The summed E-state index contributed by atoms with van der Waals surface area (Å²) in [6, 6.07) is 10.5. The minimum Gasteiger partial charge on any atom is -0.321 e. The van der Waals surface area contributed by atoms with Gasteiger partial charge in [-0.1, -0.05) is 23.4 Å². The monoisotopic (exact) mass is 363 g/mol. The largest absolute Gasteiger partial charge is 0.321 e. The van der Waals surface area contributed by atoms with E-state index < -0.39 is 5.82 Å². The Morgan fingerprint density at radius 3 is 2.67 bits per heavy atom. The molecule has 1 aromatic heterocycles. The Kier molecular flexibility index (Phi) is 4.77. The first-order valence-electron chi connectivity index (χ1n) is 6.77. The zero-order valence-corrected chi connectivity index (χ0v) is 14.0. The van der Waals surface area contributed by atoms with Gasteiger partial charge in [0, 0.05) is 5.56 Å². The fourth-order valence-corrected chi connectivity index (χ4v) is 2.66. The number of amides is 1. The molecule has 9 heteroatoms. The van der Waals surface area contributed by atoms with E-state index in [1.165, 1.54) is 23.9 Å². The van der Waals surface area contributed by atoms with Gasteiger partial charge in [-0.05, 0) is 59.1 Å². The lowest BCUT2D eigenvalue weighted by Gasteiger charge is -2.08. The molecule has 0 aliphatic carbocycles. The number of aromatic nitrogens is 4. The lowest BCUT2D eigenvalue weighted by Crippen LogP contribution is -2.12. The average molecular weight is 364 g/mol. The summed E-state index contributed by atoms with van der Waals surface area (Å²) < 4.78 is 14.6. The Balaban J connectivity index is 1.79. The molecule has 0 aliphatic heterocycles. The molecule has 122 valence electrons. The summed E-state index contributed by atoms with van der Waals surface area (Å²) in [5, 5.41) is 14.8. The minimum absolute atomic E-state index is 0.137. The molecule has 1 amide bonds. The number of hydrogen-bond acceptors (Lipinski definition) is 5. The highest BCUT2D eigenvalue weighted by atomic mass is 35.5. The van der Waals surface area contributed by atoms with E-state index in [0.29, 0.717) is 16.4 Å². The third kappa shape index (κ3) is 3.39. The molecule has 0 spiro atoms. The molecule has 0 radical (unpaired) electrons. The number of nitrogens with one attached hydrogen (secondary N) is 1. The van der Waals surface area contributed by atoms with Gasteiger partial charge in [-0.2, -0.15) is 4.68 Å². The number of tetrazole rings is 1. The first-order chi connectivity index (χ1) is 11.6. The van der Waals surface area contributed by atoms with Crippen LogP contribution in [0.25, 0.3) is 5.69 Å². The summed E-state index contributed by atoms with van der Waals surface area (Å²) >= 11 is 7.32. The Morgan fingerprint density at radius 1 is 1.25 bits per heavy atom. The van der Waals surface area contributed by atoms with Crippen LogP contribution in [0.3, 0.4) is 0 Å². The van der Waals surface area contributed by atoms with Crippen LogP contribution >= 0.6 is 23.4 Å². The van der Waals surface area contributed by atoms with Gasteiger partial charge in [0.15, 0.2) is 0 Å². The van der Waals surface area contributed by atoms with Crippen LogP contribution in [-0.2, 0) is 0 Å². The predicted octanol–water partition coefficient (Wildman–Crippen LogP) is 3.43. The summed E-state index contributed by atoms with van der Waals surface area (Å²) in [7, 11) is 0. The standard InChI is InChI=1S/C15H11ClFN5OS/c1-24-15-19-20-21-22(15)11-5-2-9(3-6-11)14(23)18-13-7-4-10(17)8-12(13)16/h2-8H,1H3,(H,18,23). The topological polar surface area (TPSA) is 72.7 Å². The zero-order chi connectivity index (χ0) is 17.1. The lowest BCUT2D eigenvalue weighted by molar-refractivity contribution is 0.102. The van der Waals surface area contributed by atoms with E-state index >= 15 is 0 Å². The highest BCUT2D eigenvalue weighted by molar-refractivity contribution is 7.98. The summed E-state index contributed by atoms with van der Waals surface area (Å²) in [5.74, 6) is -0.815. The van der Waals surface area contributed by atoms with Crippen molar-refractivity contribution in [2.75, 3.05) is 11.6 Å². The maximum atomic E-state index is 13.0. The SMILES string of the molecule is CSc1nnnn1-c1ccc(C(=O)Nc2ccc(F)cc2Cl)cc1. The number of rotatable bonds is 4. The van der Waals surface area contributed by atoms with Crippen LogP contribution in [0.5, 0.6) is 0 Å². The molecule has 0 fully saturated rings. The first-order valence-corrected chi connectivity index (χ1v) is 8.38. The van der Waals surface area contributed by atoms with E-state index in [2.05, 4.69) is 20.8 Å². The number of anilines is 1. The third-order valence-electron chi connectivity index (χ3n) is 3.18. The lowest BCUT2D eigenvalue weighted by atomic mass is 10.2. The van der Waals surface area contributed by atoms with Crippen molar-refractivity contribution in [3.05, 3.63) is 58.9 Å². The van der Waals surface area contributed by atoms with Crippen LogP contribution in [0.1, 0.15) is 10.4 Å². The van der Waals surface area contributed by atoms with Crippen molar-refractivity contribution >= 4 is 35.0 Å². The Bertz CT molecular complexity index is 884. The molecular weight excluding hydrogens is 353 g/mol. The number of thioether (sulfide) groups is 1. The molecule has 2 aromatic carbocycles. The molecule has 0 saturated carbocycles. The van der Waals surface area contributed by atoms with Crippen LogP contribution in [0.4, 0.5) is 10.1 Å². The molecular formula is C15H11ClFN5OS. The van der Waals surface area contributed by atoms with Gasteiger partial charge in [0.05, 0.1) is 16.4 Å². The number of benzene rings is 2. The molecule has 6 nitrogen and oxygen atoms in total. The van der Waals surface area contributed by atoms with Crippen LogP contribution in [0, 0.1) is 5.82 Å². The Morgan fingerprint density at radius 2 is 2.00 bits per heavy atom. The van der Waals surface area contributed by atoms with Gasteiger partial charge < -0.3 is 5.32 Å². The van der Waals surface area contributed by atoms with E-state index in [4.69, 9.17) is 11.6 Å². The summed E-state index contributed by atoms with van der Waals surface area (Å²) in [4.78, 5) is 12.3. The highest BCUT2D eigenvalue weighted by Crippen LogP contribution is 2.23. The quantitative estimate of drug-likeness (QED) is 0.719. The molecule has 0 saturated heterocycles. The Labute approximate surface area is 146 Å². The van der Waals surface area contributed by atoms with Crippen LogP contribution in [-0.4, -0.2) is 32.4 Å². The van der Waals surface area contributed by atoms with Gasteiger partial charge in [0.25, 0.3) is 5.91 Å². The van der Waals surface area contributed by atoms with E-state index in [-0.39, 0.29) is 10.9 Å². The molecule has 0 bridgehead atoms. The second kappa shape index (κ2) is 6.98. The highest BCUT2D eigenvalue weighted by Gasteiger charge is 2.11. The van der Waals surface area contributed by atoms with E-state index in [0.717, 1.165) is 11.8 Å². The molecule has 0 aliphatic rings. The third-order valence-corrected chi connectivity index (χ3v) is 4.11. The van der Waals surface area contributed by atoms with Gasteiger partial charge >= 0.3 is 0 Å². The number of halogens is 2. The van der Waals surface area contributed by atoms with E-state index in [1.807, 2.05) is 6.26 Å². The zero-order valence-electron chi connectivity index (χ0n) is 12.4. The van der Waals surface area contributed by atoms with Crippen molar-refractivity contribution in [2.24, 2.45) is 0 Å². The van der Waals surface area contributed by atoms with Gasteiger partial charge in [-0.3, -0.25) is 4.79 Å². The molecule has 0 unspecified atom stereocenters. The van der Waals surface area contributed by atoms with Crippen LogP contribution in [0.15, 0.2) is 47.6 Å². The number of nitrogens with zero attached hydrogens (tertiary/aromatic N) is 4. The van der Waals surface area contributed by atoms with Crippen molar-refractivity contribution in [2.45, 2.75) is 5.16 Å². The van der Waals surface area contributed by atoms with Crippen molar-refractivity contribution in [1.29, 1.82) is 0 Å². The second-order valence-electron chi connectivity index (χ2n) is 4.70. The van der Waals surface area contributed by atoms with E-state index in [9.17, 15) is 9.18 Å². The van der Waals surface area contributed by atoms with Crippen molar-refractivity contribution in [3.8, 4) is 5.69 Å². The fourth-order valence-electron chi connectivity index (χ4n) is 2.01. The molecule has 3 aromatic rings. The number of hydrogen-bond donors (Lipinski definition) is 1. The predicted molar refractivity (Wildman–Crippen MR) is 90.3 cm³/mol. The van der Waals surface area contributed by atoms with Crippen LogP contribution < -0.4 is 5.32 Å². The molecule has 24 heavy (non-hydrogen) atoms. The summed E-state index contributed by atoms with van der Waals surface area (Å²) in [6.07, 6.45) is 1.87. The molecule has 1 heterocycles. The van der Waals surface area contributed by atoms with Crippen molar-refractivity contribution in [1.82, 2.24) is 20.2 Å². The molecule has 0 atom stereocenters. The van der Waals surface area contributed by atoms with Gasteiger partial charge in [0.1, 0.15) is 5.82 Å². The second-order valence-corrected chi connectivity index (χ2v) is 5.88. The van der Waals surface area contributed by atoms with E-state index in [1.54, 1.807) is 28.9 Å². The summed E-state index contributed by atoms with van der Waals surface area (Å²) in [6.45, 7) is 0. The van der Waals surface area contributed by atoms with Crippen molar-refractivity contribution < 1.29 is 9.18 Å². The Hall–Kier alpha value is -2.45. The number of carbonyl (C=O) groups is 1. The van der Waals surface area contributed by atoms with Crippen molar-refractivity contribution in [3.63, 3.8) is 0 Å². The molecule has 1 N–H and O–H groups in total.